The van der Waals surface area contributed by atoms with Crippen molar-refractivity contribution in [2.45, 2.75) is 56.5 Å². The number of likely N-dealkylation sites (tertiary alicyclic amines) is 2. The first-order chi connectivity index (χ1) is 20.8. The lowest BCUT2D eigenvalue weighted by Gasteiger charge is -2.41. The van der Waals surface area contributed by atoms with Gasteiger partial charge in [-0.1, -0.05) is 12.1 Å². The fourth-order valence-corrected chi connectivity index (χ4v) is 5.93. The third-order valence-corrected chi connectivity index (χ3v) is 8.57. The van der Waals surface area contributed by atoms with Crippen molar-refractivity contribution in [2.75, 3.05) is 50.4 Å². The minimum atomic E-state index is -1.40. The summed E-state index contributed by atoms with van der Waals surface area (Å²) in [4.78, 5) is 29.0. The smallest absolute Gasteiger partial charge is 0.251 e. The molecule has 6 rings (SSSR count). The first kappa shape index (κ1) is 29.2. The van der Waals surface area contributed by atoms with Crippen molar-refractivity contribution >= 4 is 23.2 Å². The van der Waals surface area contributed by atoms with Crippen LogP contribution in [-0.2, 0) is 9.53 Å². The number of aromatic nitrogens is 3. The Hall–Kier alpha value is -3.87. The van der Waals surface area contributed by atoms with Crippen LogP contribution in [0.15, 0.2) is 48.8 Å². The molecule has 3 aliphatic heterocycles. The Morgan fingerprint density at radius 3 is 2.53 bits per heavy atom. The minimum absolute atomic E-state index is 0.133. The highest BCUT2D eigenvalue weighted by molar-refractivity contribution is 5.80. The van der Waals surface area contributed by atoms with Gasteiger partial charge < -0.3 is 30.5 Å². The Balaban J connectivity index is 1.05. The normalized spacial score (nSPS) is 22.5. The molecule has 12 heteroatoms. The molecule has 43 heavy (non-hydrogen) atoms. The summed E-state index contributed by atoms with van der Waals surface area (Å²) in [7, 11) is 0. The van der Waals surface area contributed by atoms with Gasteiger partial charge in [-0.25, -0.2) is 14.4 Å². The molecule has 0 aliphatic carbocycles. The van der Waals surface area contributed by atoms with E-state index in [9.17, 15) is 14.3 Å². The average molecular weight is 592 g/mol. The van der Waals surface area contributed by atoms with E-state index in [0.717, 1.165) is 44.8 Å². The number of rotatable bonds is 8. The number of ether oxygens (including phenoxy) is 2. The lowest BCUT2D eigenvalue weighted by molar-refractivity contribution is -0.143. The van der Waals surface area contributed by atoms with E-state index >= 15 is 0 Å². The number of nitrogens with two attached hydrogens (primary N) is 1. The summed E-state index contributed by atoms with van der Waals surface area (Å²) >= 11 is 0. The van der Waals surface area contributed by atoms with Gasteiger partial charge in [0.05, 0.1) is 31.5 Å². The lowest BCUT2D eigenvalue weighted by Crippen LogP contribution is -2.51. The molecule has 1 amide bonds. The van der Waals surface area contributed by atoms with Gasteiger partial charge in [-0.05, 0) is 74.7 Å². The van der Waals surface area contributed by atoms with Crippen molar-refractivity contribution in [3.63, 3.8) is 0 Å². The van der Waals surface area contributed by atoms with Gasteiger partial charge in [-0.2, -0.15) is 4.98 Å². The number of carbonyl (C=O) groups excluding carboxylic acids is 1. The van der Waals surface area contributed by atoms with Crippen LogP contribution < -0.4 is 15.8 Å². The van der Waals surface area contributed by atoms with Crippen LogP contribution in [0, 0.1) is 0 Å². The second-order valence-electron chi connectivity index (χ2n) is 11.6. The molecule has 11 nitrogen and oxygen atoms in total. The van der Waals surface area contributed by atoms with E-state index in [1.54, 1.807) is 18.2 Å². The van der Waals surface area contributed by atoms with E-state index in [-0.39, 0.29) is 6.54 Å². The Morgan fingerprint density at radius 2 is 1.88 bits per heavy atom. The van der Waals surface area contributed by atoms with Gasteiger partial charge in [0.2, 0.25) is 5.95 Å². The number of hydrogen-bond donors (Lipinski definition) is 3. The van der Waals surface area contributed by atoms with Gasteiger partial charge in [0.15, 0.2) is 12.0 Å². The number of aliphatic hydroxyl groups is 1. The number of carbonyl (C=O) groups is 1. The Kier molecular flexibility index (Phi) is 8.68. The number of benzene rings is 2. The van der Waals surface area contributed by atoms with Crippen LogP contribution in [0.2, 0.25) is 0 Å². The second-order valence-corrected chi connectivity index (χ2v) is 11.6. The number of nitrogens with zero attached hydrogens (tertiary/aromatic N) is 5. The van der Waals surface area contributed by atoms with E-state index in [0.29, 0.717) is 53.7 Å². The van der Waals surface area contributed by atoms with Gasteiger partial charge in [-0.15, -0.1) is 0 Å². The highest BCUT2D eigenvalue weighted by atomic mass is 19.1. The number of alkyl halides is 1. The number of nitrogens with one attached hydrogen (secondary N) is 1. The predicted molar refractivity (Wildman–Crippen MR) is 160 cm³/mol. The number of anilines is 3. The van der Waals surface area contributed by atoms with Gasteiger partial charge in [-0.3, -0.25) is 9.69 Å². The molecule has 0 saturated carbocycles. The molecular weight excluding hydrogens is 553 g/mol. The van der Waals surface area contributed by atoms with E-state index in [4.69, 9.17) is 15.2 Å². The topological polar surface area (TPSA) is 139 Å². The number of hydrogen-bond acceptors (Lipinski definition) is 10. The molecular formula is C31H38FN7O4. The highest BCUT2D eigenvalue weighted by Crippen LogP contribution is 2.32. The van der Waals surface area contributed by atoms with Crippen LogP contribution in [0.1, 0.15) is 37.7 Å². The zero-order valence-electron chi connectivity index (χ0n) is 24.2. The van der Waals surface area contributed by atoms with Gasteiger partial charge in [0.25, 0.3) is 5.91 Å². The average Bonchev–Trinajstić information content (AvgIpc) is 2.99. The molecule has 228 valence electrons. The van der Waals surface area contributed by atoms with Crippen molar-refractivity contribution < 1.29 is 23.8 Å². The van der Waals surface area contributed by atoms with Crippen LogP contribution >= 0.6 is 0 Å². The summed E-state index contributed by atoms with van der Waals surface area (Å²) < 4.78 is 26.0. The van der Waals surface area contributed by atoms with Crippen LogP contribution in [-0.4, -0.2) is 99.6 Å². The number of piperidine rings is 2. The van der Waals surface area contributed by atoms with Gasteiger partial charge in [0.1, 0.15) is 24.3 Å². The second kappa shape index (κ2) is 12.8. The molecule has 1 unspecified atom stereocenters. The molecule has 3 atom stereocenters. The van der Waals surface area contributed by atoms with Crippen molar-refractivity contribution in [1.29, 1.82) is 0 Å². The summed E-state index contributed by atoms with van der Waals surface area (Å²) in [6, 6.07) is 14.2. The predicted octanol–water partition coefficient (Wildman–Crippen LogP) is 3.14. The monoisotopic (exact) mass is 591 g/mol. The summed E-state index contributed by atoms with van der Waals surface area (Å²) in [5.41, 5.74) is 9.49. The van der Waals surface area contributed by atoms with Gasteiger partial charge in [0, 0.05) is 24.2 Å². The van der Waals surface area contributed by atoms with E-state index in [2.05, 4.69) is 49.4 Å². The minimum Gasteiger partial charge on any atom is -0.485 e. The van der Waals surface area contributed by atoms with Crippen molar-refractivity contribution in [3.8, 4) is 17.1 Å². The maximum Gasteiger partial charge on any atom is 0.251 e. The molecule has 4 heterocycles. The summed E-state index contributed by atoms with van der Waals surface area (Å²) in [6.07, 6.45) is 0.738. The van der Waals surface area contributed by atoms with E-state index < -0.39 is 24.3 Å². The Morgan fingerprint density at radius 1 is 1.12 bits per heavy atom. The van der Waals surface area contributed by atoms with Crippen molar-refractivity contribution in [1.82, 2.24) is 24.8 Å². The number of halogens is 1. The molecule has 3 aliphatic rings. The largest absolute Gasteiger partial charge is 0.485 e. The van der Waals surface area contributed by atoms with E-state index in [1.165, 1.54) is 23.7 Å². The Labute approximate surface area is 250 Å². The standard InChI is InChI=1S/C31H38FN7O4/c1-19(40)30(41)39-13-10-27(25(32)15-39)43-28-7-4-22(14-26(28)33)29-34-18-35-31(37-29)36-23-5-2-20(3-6-23)21-8-11-38(12-9-21)24-16-42-17-24/h2-7,14,18-19,21,24-25,27,40H,8-13,15-17,33H2,1H3,(H,34,35,36,37)/t19-,25+,27?/m0/s1. The summed E-state index contributed by atoms with van der Waals surface area (Å²) in [5.74, 6) is 1.27. The fraction of sp³-hybridized carbons (Fsp3) is 0.484. The molecule has 0 bridgehead atoms. The van der Waals surface area contributed by atoms with Crippen molar-refractivity contribution in [3.05, 3.63) is 54.4 Å². The SMILES string of the molecule is C[C@H](O)C(=O)N1CCC(Oc2ccc(-c3ncnc(Nc4ccc(C5CCN(C6COC6)CC5)cc4)n3)cc2N)[C@H](F)C1. The summed E-state index contributed by atoms with van der Waals surface area (Å²) in [5, 5.41) is 12.8. The fourth-order valence-electron chi connectivity index (χ4n) is 5.93. The van der Waals surface area contributed by atoms with Crippen molar-refractivity contribution in [2.24, 2.45) is 0 Å². The van der Waals surface area contributed by atoms with Crippen LogP contribution in [0.4, 0.5) is 21.7 Å². The van der Waals surface area contributed by atoms with E-state index in [1.807, 2.05) is 0 Å². The van der Waals surface area contributed by atoms with Crippen LogP contribution in [0.3, 0.4) is 0 Å². The molecule has 1 aromatic heterocycles. The molecule has 2 aromatic carbocycles. The van der Waals surface area contributed by atoms with Crippen LogP contribution in [0.5, 0.6) is 5.75 Å². The lowest BCUT2D eigenvalue weighted by atomic mass is 9.88. The maximum absolute atomic E-state index is 14.8. The molecule has 3 fully saturated rings. The third kappa shape index (κ3) is 6.71. The molecule has 0 radical (unpaired) electrons. The summed E-state index contributed by atoms with van der Waals surface area (Å²) in [6.45, 7) is 5.52. The number of aliphatic hydroxyl groups excluding tert-OH is 1. The Bertz CT molecular complexity index is 1410. The molecule has 0 spiro atoms. The highest BCUT2D eigenvalue weighted by Gasteiger charge is 2.34. The zero-order valence-corrected chi connectivity index (χ0v) is 24.2. The van der Waals surface area contributed by atoms with Gasteiger partial charge >= 0.3 is 0 Å². The molecule has 4 N–H and O–H groups in total. The van der Waals surface area contributed by atoms with Crippen LogP contribution in [0.25, 0.3) is 11.4 Å². The first-order valence-electron chi connectivity index (χ1n) is 14.9. The maximum atomic E-state index is 14.8. The third-order valence-electron chi connectivity index (χ3n) is 8.57. The number of amides is 1. The molecule has 3 aromatic rings. The quantitative estimate of drug-likeness (QED) is 0.335. The zero-order chi connectivity index (χ0) is 29.9. The molecule has 3 saturated heterocycles. The number of nitrogen functional groups attached to an aromatic ring is 1. The first-order valence-corrected chi connectivity index (χ1v) is 14.9.